The van der Waals surface area contributed by atoms with Crippen LogP contribution in [0.4, 0.5) is 0 Å². The summed E-state index contributed by atoms with van der Waals surface area (Å²) in [7, 11) is 0. The van der Waals surface area contributed by atoms with E-state index in [0.717, 1.165) is 13.1 Å². The maximum absolute atomic E-state index is 2.69. The van der Waals surface area contributed by atoms with E-state index in [4.69, 9.17) is 0 Å². The van der Waals surface area contributed by atoms with Gasteiger partial charge in [-0.15, -0.1) is 0 Å². The fourth-order valence-corrected chi connectivity index (χ4v) is 4.28. The highest BCUT2D eigenvalue weighted by atomic mass is 15.2. The first kappa shape index (κ1) is 15.2. The minimum atomic E-state index is 1.12. The van der Waals surface area contributed by atoms with Crippen LogP contribution in [-0.2, 0) is 13.1 Å². The molecule has 0 radical (unpaired) electrons. The quantitative estimate of drug-likeness (QED) is 0.852. The van der Waals surface area contributed by atoms with Crippen LogP contribution in [0.15, 0.2) is 30.3 Å². The Morgan fingerprint density at radius 1 is 0.783 bits per heavy atom. The van der Waals surface area contributed by atoms with Crippen LogP contribution >= 0.6 is 0 Å². The molecule has 3 nitrogen and oxygen atoms in total. The predicted molar refractivity (Wildman–Crippen MR) is 96.7 cm³/mol. The summed E-state index contributed by atoms with van der Waals surface area (Å²) in [5.74, 6) is 0. The van der Waals surface area contributed by atoms with E-state index in [1.807, 2.05) is 0 Å². The molecule has 1 aromatic heterocycles. The Morgan fingerprint density at radius 2 is 1.57 bits per heavy atom. The monoisotopic (exact) mass is 311 g/mol. The maximum atomic E-state index is 2.69. The van der Waals surface area contributed by atoms with Crippen molar-refractivity contribution in [1.29, 1.82) is 0 Å². The van der Waals surface area contributed by atoms with Crippen LogP contribution in [0.1, 0.15) is 37.8 Å². The molecule has 0 aliphatic carbocycles. The van der Waals surface area contributed by atoms with Crippen LogP contribution in [0.25, 0.3) is 10.9 Å². The largest absolute Gasteiger partial charge is 0.342 e. The smallest absolute Gasteiger partial charge is 0.0483 e. The van der Waals surface area contributed by atoms with Crippen molar-refractivity contribution >= 4 is 10.9 Å². The third kappa shape index (κ3) is 3.46. The lowest BCUT2D eigenvalue weighted by atomic mass is 10.2. The number of benzene rings is 1. The second-order valence-electron chi connectivity index (χ2n) is 7.23. The van der Waals surface area contributed by atoms with Crippen LogP contribution in [0.2, 0.25) is 0 Å². The van der Waals surface area contributed by atoms with Gasteiger partial charge in [0.15, 0.2) is 0 Å². The van der Waals surface area contributed by atoms with Crippen LogP contribution < -0.4 is 0 Å². The predicted octanol–water partition coefficient (Wildman–Crippen LogP) is 3.72. The highest BCUT2D eigenvalue weighted by Crippen LogP contribution is 2.24. The summed E-state index contributed by atoms with van der Waals surface area (Å²) in [6.45, 7) is 8.66. The first-order chi connectivity index (χ1) is 11.4. The van der Waals surface area contributed by atoms with Crippen molar-refractivity contribution < 1.29 is 0 Å². The van der Waals surface area contributed by atoms with Gasteiger partial charge in [-0.1, -0.05) is 31.0 Å². The average Bonchev–Trinajstić information content (AvgIpc) is 2.75. The zero-order valence-electron chi connectivity index (χ0n) is 14.2. The van der Waals surface area contributed by atoms with Gasteiger partial charge in [0, 0.05) is 30.8 Å². The molecule has 0 amide bonds. The standard InChI is InChI=1S/C20H29N3/c1-2-6-11-21(10-5-1)12-7-13-22-14-15-23-19(17-22)16-18-8-3-4-9-20(18)23/h3-4,8-9,16H,1-2,5-7,10-15,17H2. The zero-order chi connectivity index (χ0) is 15.5. The molecule has 0 saturated carbocycles. The van der Waals surface area contributed by atoms with E-state index in [1.54, 1.807) is 0 Å². The van der Waals surface area contributed by atoms with E-state index < -0.39 is 0 Å². The number of rotatable bonds is 4. The van der Waals surface area contributed by atoms with Gasteiger partial charge in [0.2, 0.25) is 0 Å². The Bertz CT molecular complexity index is 637. The van der Waals surface area contributed by atoms with Crippen molar-refractivity contribution in [3.05, 3.63) is 36.0 Å². The second-order valence-corrected chi connectivity index (χ2v) is 7.23. The van der Waals surface area contributed by atoms with Crippen LogP contribution in [0.3, 0.4) is 0 Å². The van der Waals surface area contributed by atoms with Gasteiger partial charge in [0.05, 0.1) is 0 Å². The molecule has 23 heavy (non-hydrogen) atoms. The van der Waals surface area contributed by atoms with Gasteiger partial charge in [-0.25, -0.2) is 0 Å². The van der Waals surface area contributed by atoms with E-state index in [9.17, 15) is 0 Å². The molecule has 2 aromatic rings. The highest BCUT2D eigenvalue weighted by Gasteiger charge is 2.18. The summed E-state index contributed by atoms with van der Waals surface area (Å²) in [5, 5.41) is 1.40. The molecule has 1 aromatic carbocycles. The Balaban J connectivity index is 1.31. The van der Waals surface area contributed by atoms with Gasteiger partial charge >= 0.3 is 0 Å². The molecule has 124 valence electrons. The molecule has 1 saturated heterocycles. The van der Waals surface area contributed by atoms with Crippen molar-refractivity contribution in [2.45, 2.75) is 45.2 Å². The number of para-hydroxylation sites is 1. The van der Waals surface area contributed by atoms with Crippen molar-refractivity contribution in [3.8, 4) is 0 Å². The Labute approximate surface area is 139 Å². The highest BCUT2D eigenvalue weighted by molar-refractivity contribution is 5.81. The lowest BCUT2D eigenvalue weighted by Gasteiger charge is -2.29. The molecule has 1 fully saturated rings. The number of fused-ring (bicyclic) bond motifs is 3. The van der Waals surface area contributed by atoms with E-state index in [1.165, 1.54) is 81.4 Å². The Morgan fingerprint density at radius 3 is 2.43 bits per heavy atom. The average molecular weight is 311 g/mol. The van der Waals surface area contributed by atoms with Crippen LogP contribution in [0.5, 0.6) is 0 Å². The van der Waals surface area contributed by atoms with Gasteiger partial charge in [0.1, 0.15) is 0 Å². The molecule has 0 N–H and O–H groups in total. The molecule has 3 heteroatoms. The number of likely N-dealkylation sites (tertiary alicyclic amines) is 1. The molecular weight excluding hydrogens is 282 g/mol. The molecule has 4 rings (SSSR count). The molecule has 0 unspecified atom stereocenters. The molecule has 0 atom stereocenters. The first-order valence-corrected chi connectivity index (χ1v) is 9.42. The molecule has 0 bridgehead atoms. The zero-order valence-corrected chi connectivity index (χ0v) is 14.2. The summed E-state index contributed by atoms with van der Waals surface area (Å²) >= 11 is 0. The Kier molecular flexibility index (Phi) is 4.67. The summed E-state index contributed by atoms with van der Waals surface area (Å²) in [6, 6.07) is 11.2. The van der Waals surface area contributed by atoms with Crippen molar-refractivity contribution in [3.63, 3.8) is 0 Å². The minimum absolute atomic E-state index is 1.12. The SMILES string of the molecule is c1ccc2c(c1)cc1n2CCN(CCCN2CCCCCC2)C1. The summed E-state index contributed by atoms with van der Waals surface area (Å²) in [6.07, 6.45) is 7.01. The second kappa shape index (κ2) is 7.06. The van der Waals surface area contributed by atoms with Crippen molar-refractivity contribution in [1.82, 2.24) is 14.4 Å². The van der Waals surface area contributed by atoms with Gasteiger partial charge in [-0.2, -0.15) is 0 Å². The molecular formula is C20H29N3. The number of hydrogen-bond donors (Lipinski definition) is 0. The molecule has 2 aliphatic heterocycles. The van der Waals surface area contributed by atoms with Gasteiger partial charge in [-0.3, -0.25) is 4.90 Å². The lowest BCUT2D eigenvalue weighted by molar-refractivity contribution is 0.200. The number of hydrogen-bond acceptors (Lipinski definition) is 2. The molecule has 3 heterocycles. The maximum Gasteiger partial charge on any atom is 0.0483 e. The summed E-state index contributed by atoms with van der Waals surface area (Å²) in [4.78, 5) is 5.33. The van der Waals surface area contributed by atoms with Crippen molar-refractivity contribution in [2.24, 2.45) is 0 Å². The first-order valence-electron chi connectivity index (χ1n) is 9.42. The van der Waals surface area contributed by atoms with Gasteiger partial charge < -0.3 is 9.47 Å². The van der Waals surface area contributed by atoms with E-state index in [2.05, 4.69) is 44.7 Å². The topological polar surface area (TPSA) is 11.4 Å². The van der Waals surface area contributed by atoms with E-state index in [-0.39, 0.29) is 0 Å². The summed E-state index contributed by atoms with van der Waals surface area (Å²) < 4.78 is 2.51. The van der Waals surface area contributed by atoms with Crippen LogP contribution in [-0.4, -0.2) is 47.1 Å². The molecule has 2 aliphatic rings. The fourth-order valence-electron chi connectivity index (χ4n) is 4.28. The Hall–Kier alpha value is -1.32. The van der Waals surface area contributed by atoms with Crippen molar-refractivity contribution in [2.75, 3.05) is 32.7 Å². The minimum Gasteiger partial charge on any atom is -0.342 e. The van der Waals surface area contributed by atoms with Gasteiger partial charge in [0.25, 0.3) is 0 Å². The summed E-state index contributed by atoms with van der Waals surface area (Å²) in [5.41, 5.74) is 2.90. The third-order valence-electron chi connectivity index (χ3n) is 5.57. The number of aromatic nitrogens is 1. The van der Waals surface area contributed by atoms with Crippen LogP contribution in [0, 0.1) is 0 Å². The molecule has 0 spiro atoms. The lowest BCUT2D eigenvalue weighted by Crippen LogP contribution is -2.36. The fraction of sp³-hybridized carbons (Fsp3) is 0.600. The van der Waals surface area contributed by atoms with E-state index in [0.29, 0.717) is 0 Å². The third-order valence-corrected chi connectivity index (χ3v) is 5.57. The normalized spacial score (nSPS) is 20.5. The van der Waals surface area contributed by atoms with Gasteiger partial charge in [-0.05, 0) is 63.0 Å². The number of nitrogens with zero attached hydrogens (tertiary/aromatic N) is 3. The van der Waals surface area contributed by atoms with E-state index >= 15 is 0 Å².